The van der Waals surface area contributed by atoms with E-state index in [0.29, 0.717) is 0 Å². The van der Waals surface area contributed by atoms with Crippen LogP contribution in [0.2, 0.25) is 0 Å². The topological polar surface area (TPSA) is 3.24 Å². The lowest BCUT2D eigenvalue weighted by atomic mass is 10.1. The summed E-state index contributed by atoms with van der Waals surface area (Å²) in [7, 11) is 4.12. The van der Waals surface area contributed by atoms with Crippen LogP contribution in [0.4, 0.5) is 0 Å². The third kappa shape index (κ3) is 5.67. The molecule has 0 amide bonds. The van der Waals surface area contributed by atoms with Gasteiger partial charge in [0.25, 0.3) is 0 Å². The molecule has 0 aromatic heterocycles. The fourth-order valence-corrected chi connectivity index (χ4v) is 1.14. The SMILES string of the molecule is CC(=CN(C)C)CC(C)C. The summed E-state index contributed by atoms with van der Waals surface area (Å²) in [5.41, 5.74) is 1.46. The molecular formula is C9H19N. The lowest BCUT2D eigenvalue weighted by Crippen LogP contribution is -2.02. The van der Waals surface area contributed by atoms with Gasteiger partial charge in [0.15, 0.2) is 0 Å². The average molecular weight is 141 g/mol. The lowest BCUT2D eigenvalue weighted by Gasteiger charge is -2.09. The van der Waals surface area contributed by atoms with E-state index < -0.39 is 0 Å². The van der Waals surface area contributed by atoms with E-state index in [0.717, 1.165) is 5.92 Å². The molecule has 0 aromatic carbocycles. The van der Waals surface area contributed by atoms with Crippen molar-refractivity contribution in [3.8, 4) is 0 Å². The maximum Gasteiger partial charge on any atom is 0.00556 e. The van der Waals surface area contributed by atoms with Crippen molar-refractivity contribution < 1.29 is 0 Å². The van der Waals surface area contributed by atoms with Gasteiger partial charge in [-0.05, 0) is 25.5 Å². The summed E-state index contributed by atoms with van der Waals surface area (Å²) in [6.45, 7) is 6.67. The summed E-state index contributed by atoms with van der Waals surface area (Å²) in [4.78, 5) is 2.09. The second-order valence-electron chi connectivity index (χ2n) is 3.54. The zero-order chi connectivity index (χ0) is 8.15. The Labute approximate surface area is 64.7 Å². The van der Waals surface area contributed by atoms with Gasteiger partial charge in [-0.25, -0.2) is 0 Å². The van der Waals surface area contributed by atoms with E-state index in [9.17, 15) is 0 Å². The van der Waals surface area contributed by atoms with Crippen molar-refractivity contribution in [2.24, 2.45) is 5.92 Å². The molecule has 0 spiro atoms. The van der Waals surface area contributed by atoms with Crippen molar-refractivity contribution >= 4 is 0 Å². The molecule has 1 heteroatoms. The zero-order valence-electron chi connectivity index (χ0n) is 7.81. The van der Waals surface area contributed by atoms with Gasteiger partial charge in [-0.3, -0.25) is 0 Å². The number of hydrogen-bond donors (Lipinski definition) is 0. The van der Waals surface area contributed by atoms with E-state index in [2.05, 4.69) is 46.0 Å². The van der Waals surface area contributed by atoms with Crippen LogP contribution in [0.3, 0.4) is 0 Å². The van der Waals surface area contributed by atoms with Crippen LogP contribution in [-0.2, 0) is 0 Å². The molecule has 0 atom stereocenters. The highest BCUT2D eigenvalue weighted by Gasteiger charge is 1.94. The number of allylic oxidation sites excluding steroid dienone is 1. The van der Waals surface area contributed by atoms with Crippen LogP contribution in [0.25, 0.3) is 0 Å². The molecule has 0 fully saturated rings. The van der Waals surface area contributed by atoms with Crippen molar-refractivity contribution in [1.29, 1.82) is 0 Å². The van der Waals surface area contributed by atoms with Crippen LogP contribution in [0.15, 0.2) is 11.8 Å². The predicted molar refractivity (Wildman–Crippen MR) is 46.9 cm³/mol. The second kappa shape index (κ2) is 4.37. The molecule has 10 heavy (non-hydrogen) atoms. The summed E-state index contributed by atoms with van der Waals surface area (Å²) in [5.74, 6) is 0.774. The number of nitrogens with zero attached hydrogens (tertiary/aromatic N) is 1. The molecule has 0 heterocycles. The first kappa shape index (κ1) is 9.54. The molecule has 0 aliphatic heterocycles. The second-order valence-corrected chi connectivity index (χ2v) is 3.54. The van der Waals surface area contributed by atoms with Gasteiger partial charge in [0.2, 0.25) is 0 Å². The zero-order valence-corrected chi connectivity index (χ0v) is 7.81. The van der Waals surface area contributed by atoms with Crippen molar-refractivity contribution in [1.82, 2.24) is 4.90 Å². The molecule has 0 aliphatic carbocycles. The van der Waals surface area contributed by atoms with Crippen LogP contribution >= 0.6 is 0 Å². The van der Waals surface area contributed by atoms with Gasteiger partial charge >= 0.3 is 0 Å². The Bertz CT molecular complexity index is 112. The van der Waals surface area contributed by atoms with Crippen LogP contribution in [0.1, 0.15) is 27.2 Å². The standard InChI is InChI=1S/C9H19N/c1-8(2)6-9(3)7-10(4)5/h7-8H,6H2,1-5H3. The minimum atomic E-state index is 0.774. The van der Waals surface area contributed by atoms with Crippen molar-refractivity contribution in [3.05, 3.63) is 11.8 Å². The number of hydrogen-bond acceptors (Lipinski definition) is 1. The van der Waals surface area contributed by atoms with Gasteiger partial charge in [-0.15, -0.1) is 0 Å². The minimum absolute atomic E-state index is 0.774. The summed E-state index contributed by atoms with van der Waals surface area (Å²) >= 11 is 0. The number of rotatable bonds is 3. The van der Waals surface area contributed by atoms with E-state index in [1.807, 2.05) is 0 Å². The maximum absolute atomic E-state index is 2.24. The quantitative estimate of drug-likeness (QED) is 0.583. The molecule has 0 aliphatic rings. The third-order valence-electron chi connectivity index (χ3n) is 1.21. The predicted octanol–water partition coefficient (Wildman–Crippen LogP) is 2.50. The Morgan fingerprint density at radius 1 is 1.40 bits per heavy atom. The first-order valence-electron chi connectivity index (χ1n) is 3.86. The highest BCUT2D eigenvalue weighted by Crippen LogP contribution is 2.09. The van der Waals surface area contributed by atoms with E-state index in [1.54, 1.807) is 0 Å². The van der Waals surface area contributed by atoms with Crippen molar-refractivity contribution in [3.63, 3.8) is 0 Å². The molecule has 0 saturated carbocycles. The fraction of sp³-hybridized carbons (Fsp3) is 0.778. The Morgan fingerprint density at radius 3 is 2.20 bits per heavy atom. The molecule has 0 unspecified atom stereocenters. The molecule has 0 bridgehead atoms. The third-order valence-corrected chi connectivity index (χ3v) is 1.21. The summed E-state index contributed by atoms with van der Waals surface area (Å²) in [6.07, 6.45) is 3.39. The fourth-order valence-electron chi connectivity index (χ4n) is 1.14. The Hall–Kier alpha value is -0.460. The smallest absolute Gasteiger partial charge is 0.00556 e. The Kier molecular flexibility index (Phi) is 4.17. The van der Waals surface area contributed by atoms with Crippen molar-refractivity contribution in [2.45, 2.75) is 27.2 Å². The van der Waals surface area contributed by atoms with Gasteiger partial charge in [-0.2, -0.15) is 0 Å². The highest BCUT2D eigenvalue weighted by atomic mass is 15.0. The van der Waals surface area contributed by atoms with E-state index >= 15 is 0 Å². The molecule has 0 radical (unpaired) electrons. The van der Waals surface area contributed by atoms with E-state index in [1.165, 1.54) is 12.0 Å². The Morgan fingerprint density at radius 2 is 1.90 bits per heavy atom. The van der Waals surface area contributed by atoms with E-state index in [-0.39, 0.29) is 0 Å². The monoisotopic (exact) mass is 141 g/mol. The Balaban J connectivity index is 3.71. The first-order valence-corrected chi connectivity index (χ1v) is 3.86. The minimum Gasteiger partial charge on any atom is -0.384 e. The van der Waals surface area contributed by atoms with E-state index in [4.69, 9.17) is 0 Å². The van der Waals surface area contributed by atoms with Gasteiger partial charge in [-0.1, -0.05) is 19.4 Å². The molecule has 0 saturated heterocycles. The van der Waals surface area contributed by atoms with Gasteiger partial charge in [0, 0.05) is 14.1 Å². The van der Waals surface area contributed by atoms with Crippen molar-refractivity contribution in [2.75, 3.05) is 14.1 Å². The molecule has 0 rings (SSSR count). The van der Waals surface area contributed by atoms with Crippen LogP contribution in [-0.4, -0.2) is 19.0 Å². The molecule has 0 N–H and O–H groups in total. The normalized spacial score (nSPS) is 12.4. The molecule has 0 aromatic rings. The van der Waals surface area contributed by atoms with Crippen LogP contribution in [0, 0.1) is 5.92 Å². The summed E-state index contributed by atoms with van der Waals surface area (Å²) in [5, 5.41) is 0. The van der Waals surface area contributed by atoms with Gasteiger partial charge in [0.1, 0.15) is 0 Å². The van der Waals surface area contributed by atoms with Gasteiger partial charge < -0.3 is 4.90 Å². The molecular weight excluding hydrogens is 122 g/mol. The maximum atomic E-state index is 2.24. The molecule has 60 valence electrons. The average Bonchev–Trinajstić information content (AvgIpc) is 1.58. The summed E-state index contributed by atoms with van der Waals surface area (Å²) in [6, 6.07) is 0. The first-order chi connectivity index (χ1) is 4.52. The lowest BCUT2D eigenvalue weighted by molar-refractivity contribution is 0.544. The summed E-state index contributed by atoms with van der Waals surface area (Å²) < 4.78 is 0. The highest BCUT2D eigenvalue weighted by molar-refractivity contribution is 4.96. The molecule has 1 nitrogen and oxygen atoms in total. The van der Waals surface area contributed by atoms with Crippen LogP contribution < -0.4 is 0 Å². The van der Waals surface area contributed by atoms with Crippen LogP contribution in [0.5, 0.6) is 0 Å². The van der Waals surface area contributed by atoms with Gasteiger partial charge in [0.05, 0.1) is 0 Å². The largest absolute Gasteiger partial charge is 0.384 e.